The molecule has 4 rings (SSSR count). The summed E-state index contributed by atoms with van der Waals surface area (Å²) in [5.41, 5.74) is 3.82. The van der Waals surface area contributed by atoms with Crippen LogP contribution in [0.3, 0.4) is 0 Å². The molecular formula is C21H16ClN3O2. The lowest BCUT2D eigenvalue weighted by Gasteiger charge is -2.08. The molecule has 0 aliphatic carbocycles. The molecule has 0 fully saturated rings. The number of aromatic carboxylic acids is 1. The third-order valence-corrected chi connectivity index (χ3v) is 4.66. The second kappa shape index (κ2) is 7.21. The van der Waals surface area contributed by atoms with Crippen molar-refractivity contribution in [2.24, 2.45) is 0 Å². The fourth-order valence-corrected chi connectivity index (χ4v) is 3.33. The van der Waals surface area contributed by atoms with Gasteiger partial charge in [0.2, 0.25) is 0 Å². The van der Waals surface area contributed by atoms with E-state index in [-0.39, 0.29) is 10.7 Å². The van der Waals surface area contributed by atoms with Crippen molar-refractivity contribution < 1.29 is 9.90 Å². The van der Waals surface area contributed by atoms with Gasteiger partial charge in [-0.2, -0.15) is 5.10 Å². The third-order valence-electron chi connectivity index (χ3n) is 4.47. The number of benzene rings is 2. The van der Waals surface area contributed by atoms with E-state index in [1.54, 1.807) is 0 Å². The fourth-order valence-electron chi connectivity index (χ4n) is 3.18. The first kappa shape index (κ1) is 17.2. The van der Waals surface area contributed by atoms with Gasteiger partial charge in [0.05, 0.1) is 11.3 Å². The zero-order chi connectivity index (χ0) is 18.8. The van der Waals surface area contributed by atoms with E-state index in [0.29, 0.717) is 12.1 Å². The largest absolute Gasteiger partial charge is 0.478 e. The van der Waals surface area contributed by atoms with Gasteiger partial charge in [-0.25, -0.2) is 4.79 Å². The minimum Gasteiger partial charge on any atom is -0.478 e. The molecule has 5 nitrogen and oxygen atoms in total. The van der Waals surface area contributed by atoms with Crippen molar-refractivity contribution in [1.82, 2.24) is 14.8 Å². The van der Waals surface area contributed by atoms with Crippen molar-refractivity contribution in [2.75, 3.05) is 0 Å². The van der Waals surface area contributed by atoms with Crippen molar-refractivity contribution in [3.63, 3.8) is 0 Å². The zero-order valence-electron chi connectivity index (χ0n) is 14.3. The quantitative estimate of drug-likeness (QED) is 0.559. The molecule has 2 aromatic heterocycles. The lowest BCUT2D eigenvalue weighted by atomic mass is 10.0. The van der Waals surface area contributed by atoms with Crippen LogP contribution in [0.4, 0.5) is 0 Å². The minimum absolute atomic E-state index is 0.0737. The van der Waals surface area contributed by atoms with Crippen LogP contribution in [0.5, 0.6) is 0 Å². The molecule has 0 amide bonds. The number of fused-ring (bicyclic) bond motifs is 1. The highest BCUT2D eigenvalue weighted by atomic mass is 35.5. The molecule has 0 saturated carbocycles. The molecule has 0 bridgehead atoms. The highest BCUT2D eigenvalue weighted by Gasteiger charge is 2.14. The molecule has 0 saturated heterocycles. The monoisotopic (exact) mass is 377 g/mol. The van der Waals surface area contributed by atoms with E-state index in [2.05, 4.69) is 51.3 Å². The summed E-state index contributed by atoms with van der Waals surface area (Å²) in [6.07, 6.45) is 2.44. The molecule has 2 heterocycles. The summed E-state index contributed by atoms with van der Waals surface area (Å²) >= 11 is 5.77. The maximum atomic E-state index is 11.4. The van der Waals surface area contributed by atoms with Crippen molar-refractivity contribution in [1.29, 1.82) is 0 Å². The van der Waals surface area contributed by atoms with E-state index in [1.165, 1.54) is 11.6 Å². The number of rotatable bonds is 5. The Labute approximate surface area is 160 Å². The molecule has 0 aliphatic heterocycles. The van der Waals surface area contributed by atoms with E-state index in [1.807, 2.05) is 24.3 Å². The molecule has 6 heteroatoms. The second-order valence-corrected chi connectivity index (χ2v) is 6.72. The van der Waals surface area contributed by atoms with Crippen LogP contribution in [0.25, 0.3) is 10.9 Å². The molecular weight excluding hydrogens is 362 g/mol. The van der Waals surface area contributed by atoms with Gasteiger partial charge in [0.1, 0.15) is 0 Å². The second-order valence-electron chi connectivity index (χ2n) is 6.33. The third kappa shape index (κ3) is 3.68. The number of hydrogen-bond donors (Lipinski definition) is 1. The predicted octanol–water partition coefficient (Wildman–Crippen LogP) is 4.42. The van der Waals surface area contributed by atoms with Crippen LogP contribution < -0.4 is 0 Å². The molecule has 4 aromatic rings. The number of carboxylic acids is 1. The van der Waals surface area contributed by atoms with Crippen LogP contribution >= 0.6 is 11.6 Å². The lowest BCUT2D eigenvalue weighted by molar-refractivity contribution is 0.0695. The summed E-state index contributed by atoms with van der Waals surface area (Å²) in [5, 5.41) is 18.3. The Morgan fingerprint density at radius 2 is 1.81 bits per heavy atom. The zero-order valence-corrected chi connectivity index (χ0v) is 15.1. The SMILES string of the molecule is O=C(O)c1cc(Cl)nnc1Cc1ccc2c(ccn2Cc2ccccc2)c1. The van der Waals surface area contributed by atoms with Crippen LogP contribution in [0.2, 0.25) is 5.15 Å². The molecule has 27 heavy (non-hydrogen) atoms. The van der Waals surface area contributed by atoms with Gasteiger partial charge in [0.15, 0.2) is 5.15 Å². The number of hydrogen-bond acceptors (Lipinski definition) is 3. The molecule has 1 N–H and O–H groups in total. The van der Waals surface area contributed by atoms with Crippen LogP contribution in [-0.2, 0) is 13.0 Å². The fraction of sp³-hybridized carbons (Fsp3) is 0.0952. The van der Waals surface area contributed by atoms with Gasteiger partial charge in [-0.15, -0.1) is 5.10 Å². The van der Waals surface area contributed by atoms with E-state index in [4.69, 9.17) is 11.6 Å². The minimum atomic E-state index is -1.06. The number of aromatic nitrogens is 3. The Hall–Kier alpha value is -3.18. The molecule has 0 radical (unpaired) electrons. The van der Waals surface area contributed by atoms with Gasteiger partial charge in [0.25, 0.3) is 0 Å². The number of carbonyl (C=O) groups is 1. The highest BCUT2D eigenvalue weighted by molar-refractivity contribution is 6.29. The lowest BCUT2D eigenvalue weighted by Crippen LogP contribution is -2.07. The summed E-state index contributed by atoms with van der Waals surface area (Å²) in [6.45, 7) is 0.801. The molecule has 0 atom stereocenters. The Morgan fingerprint density at radius 1 is 1.00 bits per heavy atom. The molecule has 0 aliphatic rings. The van der Waals surface area contributed by atoms with Crippen molar-refractivity contribution in [2.45, 2.75) is 13.0 Å². The molecule has 0 spiro atoms. The molecule has 0 unspecified atom stereocenters. The Bertz CT molecular complexity index is 1120. The number of nitrogens with zero attached hydrogens (tertiary/aromatic N) is 3. The average Bonchev–Trinajstić information content (AvgIpc) is 3.06. The predicted molar refractivity (Wildman–Crippen MR) is 104 cm³/mol. The van der Waals surface area contributed by atoms with Crippen molar-refractivity contribution in [3.05, 3.63) is 94.4 Å². The van der Waals surface area contributed by atoms with Crippen LogP contribution in [0.15, 0.2) is 66.9 Å². The van der Waals surface area contributed by atoms with E-state index in [9.17, 15) is 9.90 Å². The Kier molecular flexibility index (Phi) is 4.60. The van der Waals surface area contributed by atoms with E-state index >= 15 is 0 Å². The van der Waals surface area contributed by atoms with Gasteiger partial charge < -0.3 is 9.67 Å². The average molecular weight is 378 g/mol. The molecule has 134 valence electrons. The van der Waals surface area contributed by atoms with E-state index < -0.39 is 5.97 Å². The Morgan fingerprint density at radius 3 is 2.59 bits per heavy atom. The van der Waals surface area contributed by atoms with Crippen LogP contribution in [0.1, 0.15) is 27.2 Å². The van der Waals surface area contributed by atoms with Crippen molar-refractivity contribution >= 4 is 28.5 Å². The first-order valence-corrected chi connectivity index (χ1v) is 8.85. The number of carboxylic acid groups (broad SMARTS) is 1. The van der Waals surface area contributed by atoms with Gasteiger partial charge in [-0.05, 0) is 40.8 Å². The van der Waals surface area contributed by atoms with Gasteiger partial charge in [-0.3, -0.25) is 0 Å². The maximum Gasteiger partial charge on any atom is 0.337 e. The normalized spacial score (nSPS) is 11.0. The Balaban J connectivity index is 1.63. The topological polar surface area (TPSA) is 68.0 Å². The summed E-state index contributed by atoms with van der Waals surface area (Å²) in [5.74, 6) is -1.06. The summed E-state index contributed by atoms with van der Waals surface area (Å²) < 4.78 is 2.19. The standard InChI is InChI=1S/C21H16ClN3O2/c22-20-12-17(21(26)27)18(23-24-20)11-15-6-7-19-16(10-15)8-9-25(19)13-14-4-2-1-3-5-14/h1-10,12H,11,13H2,(H,26,27). The van der Waals surface area contributed by atoms with Gasteiger partial charge in [-0.1, -0.05) is 48.0 Å². The van der Waals surface area contributed by atoms with Gasteiger partial charge >= 0.3 is 5.97 Å². The van der Waals surface area contributed by atoms with Crippen LogP contribution in [0, 0.1) is 0 Å². The summed E-state index contributed by atoms with van der Waals surface area (Å²) in [7, 11) is 0. The van der Waals surface area contributed by atoms with E-state index in [0.717, 1.165) is 23.0 Å². The summed E-state index contributed by atoms with van der Waals surface area (Å²) in [4.78, 5) is 11.4. The maximum absolute atomic E-state index is 11.4. The van der Waals surface area contributed by atoms with Crippen molar-refractivity contribution in [3.8, 4) is 0 Å². The van der Waals surface area contributed by atoms with Gasteiger partial charge in [0, 0.05) is 24.7 Å². The smallest absolute Gasteiger partial charge is 0.337 e. The van der Waals surface area contributed by atoms with Crippen LogP contribution in [-0.4, -0.2) is 25.8 Å². The number of halogens is 1. The highest BCUT2D eigenvalue weighted by Crippen LogP contribution is 2.22. The first-order chi connectivity index (χ1) is 13.1. The first-order valence-electron chi connectivity index (χ1n) is 8.47. The summed E-state index contributed by atoms with van der Waals surface area (Å²) in [6, 6.07) is 19.8. The molecule has 2 aromatic carbocycles.